The lowest BCUT2D eigenvalue weighted by Crippen LogP contribution is -2.64. The molecule has 2 rings (SSSR count). The van der Waals surface area contributed by atoms with Crippen LogP contribution in [0.2, 0.25) is 0 Å². The van der Waals surface area contributed by atoms with Gasteiger partial charge >= 0.3 is 0 Å². The third-order valence-corrected chi connectivity index (χ3v) is 5.18. The summed E-state index contributed by atoms with van der Waals surface area (Å²) < 4.78 is 0. The smallest absolute Gasteiger partial charge is 0.264 e. The molecule has 0 heterocycles. The zero-order valence-electron chi connectivity index (χ0n) is 11.3. The molecule has 6 nitrogen and oxygen atoms in total. The molecule has 0 aromatic carbocycles. The number of nitro groups is 2. The van der Waals surface area contributed by atoms with Gasteiger partial charge in [0.05, 0.1) is 0 Å². The van der Waals surface area contributed by atoms with Gasteiger partial charge in [0, 0.05) is 35.5 Å². The fraction of sp³-hybridized carbons (Fsp3) is 1.00. The maximum Gasteiger partial charge on any atom is 0.290 e. The minimum atomic E-state index is -1.33. The molecule has 0 aliphatic heterocycles. The molecular weight excluding hydrogens is 248 g/mol. The standard InChI is InChI=1S/C13H22N2O4/c16-14(17)12(8-4-1-2-5-9-12)13(15(18)19)10-6-3-7-11-13/h1-11H2. The van der Waals surface area contributed by atoms with Crippen molar-refractivity contribution in [2.45, 2.75) is 81.7 Å². The van der Waals surface area contributed by atoms with Gasteiger partial charge in [-0.2, -0.15) is 0 Å². The Hall–Kier alpha value is -1.20. The fourth-order valence-electron chi connectivity index (χ4n) is 4.09. The van der Waals surface area contributed by atoms with Gasteiger partial charge in [-0.3, -0.25) is 20.2 Å². The van der Waals surface area contributed by atoms with Gasteiger partial charge in [0.25, 0.3) is 11.1 Å². The Balaban J connectivity index is 2.43. The first-order valence-corrected chi connectivity index (χ1v) is 7.34. The summed E-state index contributed by atoms with van der Waals surface area (Å²) in [5.74, 6) is 0. The quantitative estimate of drug-likeness (QED) is 0.447. The van der Waals surface area contributed by atoms with Gasteiger partial charge in [-0.25, -0.2) is 0 Å². The summed E-state index contributed by atoms with van der Waals surface area (Å²) in [6, 6.07) is 0. The van der Waals surface area contributed by atoms with E-state index in [4.69, 9.17) is 0 Å². The molecule has 108 valence electrons. The molecule has 0 aromatic heterocycles. The predicted octanol–water partition coefficient (Wildman–Crippen LogP) is 3.34. The van der Waals surface area contributed by atoms with Crippen molar-refractivity contribution in [3.05, 3.63) is 20.2 Å². The van der Waals surface area contributed by atoms with Crippen molar-refractivity contribution < 1.29 is 9.85 Å². The van der Waals surface area contributed by atoms with Gasteiger partial charge in [-0.05, 0) is 25.7 Å². The largest absolute Gasteiger partial charge is 0.290 e. The summed E-state index contributed by atoms with van der Waals surface area (Å²) in [6.07, 6.45) is 7.38. The van der Waals surface area contributed by atoms with Gasteiger partial charge in [-0.1, -0.05) is 19.3 Å². The van der Waals surface area contributed by atoms with Crippen LogP contribution in [0.15, 0.2) is 0 Å². The van der Waals surface area contributed by atoms with Crippen molar-refractivity contribution in [3.63, 3.8) is 0 Å². The molecule has 0 aromatic rings. The van der Waals surface area contributed by atoms with E-state index in [2.05, 4.69) is 0 Å². The molecule has 2 aliphatic carbocycles. The highest BCUT2D eigenvalue weighted by Crippen LogP contribution is 2.47. The second-order valence-electron chi connectivity index (χ2n) is 6.05. The van der Waals surface area contributed by atoms with Crippen LogP contribution in [0.1, 0.15) is 70.6 Å². The third kappa shape index (κ3) is 2.21. The van der Waals surface area contributed by atoms with Gasteiger partial charge in [0.15, 0.2) is 0 Å². The average Bonchev–Trinajstić information content (AvgIpc) is 2.66. The number of rotatable bonds is 3. The predicted molar refractivity (Wildman–Crippen MR) is 70.2 cm³/mol. The number of hydrogen-bond acceptors (Lipinski definition) is 4. The number of nitrogens with zero attached hydrogens (tertiary/aromatic N) is 2. The molecule has 6 heteroatoms. The minimum absolute atomic E-state index is 0.299. The molecule has 0 spiro atoms. The van der Waals surface area contributed by atoms with Crippen molar-refractivity contribution >= 4 is 0 Å². The van der Waals surface area contributed by atoms with Crippen LogP contribution in [0.3, 0.4) is 0 Å². The Morgan fingerprint density at radius 2 is 0.842 bits per heavy atom. The summed E-state index contributed by atoms with van der Waals surface area (Å²) in [5, 5.41) is 23.4. The van der Waals surface area contributed by atoms with E-state index < -0.39 is 11.1 Å². The molecule has 2 fully saturated rings. The maximum absolute atomic E-state index is 11.7. The number of hydrogen-bond donors (Lipinski definition) is 0. The lowest BCUT2D eigenvalue weighted by atomic mass is 9.65. The Morgan fingerprint density at radius 1 is 0.579 bits per heavy atom. The highest BCUT2D eigenvalue weighted by atomic mass is 16.6. The molecule has 0 amide bonds. The Morgan fingerprint density at radius 3 is 1.11 bits per heavy atom. The van der Waals surface area contributed by atoms with Crippen LogP contribution in [0.4, 0.5) is 0 Å². The highest BCUT2D eigenvalue weighted by Gasteiger charge is 2.69. The fourth-order valence-corrected chi connectivity index (χ4v) is 4.09. The summed E-state index contributed by atoms with van der Waals surface area (Å²) in [4.78, 5) is 22.8. The molecule has 0 unspecified atom stereocenters. The molecule has 0 N–H and O–H groups in total. The Kier molecular flexibility index (Phi) is 4.06. The van der Waals surface area contributed by atoms with Crippen molar-refractivity contribution in [2.24, 2.45) is 0 Å². The van der Waals surface area contributed by atoms with Gasteiger partial charge in [-0.15, -0.1) is 0 Å². The van der Waals surface area contributed by atoms with Crippen LogP contribution < -0.4 is 0 Å². The molecule has 19 heavy (non-hydrogen) atoms. The van der Waals surface area contributed by atoms with Gasteiger partial charge < -0.3 is 0 Å². The average molecular weight is 270 g/mol. The van der Waals surface area contributed by atoms with Crippen LogP contribution in [-0.2, 0) is 0 Å². The first-order chi connectivity index (χ1) is 9.05. The van der Waals surface area contributed by atoms with E-state index in [1.807, 2.05) is 0 Å². The van der Waals surface area contributed by atoms with Crippen molar-refractivity contribution in [3.8, 4) is 0 Å². The second-order valence-corrected chi connectivity index (χ2v) is 6.05. The Bertz CT molecular complexity index is 356. The Labute approximate surface area is 112 Å². The molecule has 0 bridgehead atoms. The third-order valence-electron chi connectivity index (χ3n) is 5.18. The molecule has 0 saturated heterocycles. The van der Waals surface area contributed by atoms with E-state index in [0.717, 1.165) is 44.9 Å². The van der Waals surface area contributed by atoms with E-state index in [0.29, 0.717) is 25.7 Å². The molecule has 0 atom stereocenters. The van der Waals surface area contributed by atoms with Crippen molar-refractivity contribution in [2.75, 3.05) is 0 Å². The lowest BCUT2D eigenvalue weighted by Gasteiger charge is -2.39. The highest BCUT2D eigenvalue weighted by molar-refractivity contribution is 5.03. The topological polar surface area (TPSA) is 86.3 Å². The molecule has 2 aliphatic rings. The van der Waals surface area contributed by atoms with Crippen molar-refractivity contribution in [1.29, 1.82) is 0 Å². The summed E-state index contributed by atoms with van der Waals surface area (Å²) in [7, 11) is 0. The van der Waals surface area contributed by atoms with Crippen LogP contribution in [-0.4, -0.2) is 20.9 Å². The first-order valence-electron chi connectivity index (χ1n) is 7.34. The lowest BCUT2D eigenvalue weighted by molar-refractivity contribution is -0.691. The zero-order valence-corrected chi connectivity index (χ0v) is 11.3. The van der Waals surface area contributed by atoms with E-state index in [9.17, 15) is 20.2 Å². The van der Waals surface area contributed by atoms with Crippen LogP contribution in [0.5, 0.6) is 0 Å². The van der Waals surface area contributed by atoms with Gasteiger partial charge in [0.2, 0.25) is 0 Å². The summed E-state index contributed by atoms with van der Waals surface area (Å²) >= 11 is 0. The molecule has 2 saturated carbocycles. The normalized spacial score (nSPS) is 26.3. The summed E-state index contributed by atoms with van der Waals surface area (Å²) in [6.45, 7) is 0. The molecular formula is C13H22N2O4. The van der Waals surface area contributed by atoms with E-state index >= 15 is 0 Å². The second kappa shape index (κ2) is 5.43. The van der Waals surface area contributed by atoms with E-state index in [-0.39, 0.29) is 9.85 Å². The minimum Gasteiger partial charge on any atom is -0.264 e. The maximum atomic E-state index is 11.7. The van der Waals surface area contributed by atoms with Crippen LogP contribution >= 0.6 is 0 Å². The summed E-state index contributed by atoms with van der Waals surface area (Å²) in [5.41, 5.74) is -2.65. The molecule has 0 radical (unpaired) electrons. The monoisotopic (exact) mass is 270 g/mol. The van der Waals surface area contributed by atoms with E-state index in [1.54, 1.807) is 0 Å². The first kappa shape index (κ1) is 14.2. The zero-order chi connectivity index (χ0) is 13.9. The van der Waals surface area contributed by atoms with Crippen LogP contribution in [0, 0.1) is 20.2 Å². The van der Waals surface area contributed by atoms with E-state index in [1.165, 1.54) is 0 Å². The van der Waals surface area contributed by atoms with Gasteiger partial charge in [0.1, 0.15) is 0 Å². The van der Waals surface area contributed by atoms with Crippen LogP contribution in [0.25, 0.3) is 0 Å². The SMILES string of the molecule is O=[N+]([O-])C1(C2([N+](=O)[O-])CCCCC2)CCCCCC1. The van der Waals surface area contributed by atoms with Crippen molar-refractivity contribution in [1.82, 2.24) is 0 Å².